The first-order valence-corrected chi connectivity index (χ1v) is 7.06. The summed E-state index contributed by atoms with van der Waals surface area (Å²) >= 11 is 6.13. The zero-order chi connectivity index (χ0) is 15.9. The molecular formula is C18H15ClO3. The minimum Gasteiger partial charge on any atom is -0.487 e. The molecule has 0 atom stereocenters. The molecule has 0 saturated carbocycles. The molecule has 0 amide bonds. The number of halogens is 1. The van der Waals surface area contributed by atoms with E-state index in [9.17, 15) is 4.79 Å². The Bertz CT molecular complexity index is 699. The van der Waals surface area contributed by atoms with Crippen molar-refractivity contribution in [1.29, 1.82) is 0 Å². The van der Waals surface area contributed by atoms with Crippen molar-refractivity contribution in [2.45, 2.75) is 13.5 Å². The van der Waals surface area contributed by atoms with E-state index in [0.717, 1.165) is 5.56 Å². The summed E-state index contributed by atoms with van der Waals surface area (Å²) < 4.78 is 10.5. The topological polar surface area (TPSA) is 35.5 Å². The summed E-state index contributed by atoms with van der Waals surface area (Å²) in [6.45, 7) is 2.36. The molecule has 2 rings (SSSR count). The van der Waals surface area contributed by atoms with Gasteiger partial charge in [-0.2, -0.15) is 0 Å². The third-order valence-corrected chi connectivity index (χ3v) is 3.26. The third kappa shape index (κ3) is 4.28. The quantitative estimate of drug-likeness (QED) is 0.617. The van der Waals surface area contributed by atoms with Crippen molar-refractivity contribution < 1.29 is 14.3 Å². The maximum atomic E-state index is 11.7. The lowest BCUT2D eigenvalue weighted by Gasteiger charge is -2.09. The van der Waals surface area contributed by atoms with Gasteiger partial charge in [0.25, 0.3) is 0 Å². The van der Waals surface area contributed by atoms with E-state index in [0.29, 0.717) is 22.9 Å². The summed E-state index contributed by atoms with van der Waals surface area (Å²) in [4.78, 5) is 11.7. The molecule has 112 valence electrons. The van der Waals surface area contributed by atoms with Crippen LogP contribution in [0.2, 0.25) is 5.02 Å². The Morgan fingerprint density at radius 1 is 1.23 bits per heavy atom. The van der Waals surface area contributed by atoms with Gasteiger partial charge in [0, 0.05) is 0 Å². The van der Waals surface area contributed by atoms with Crippen LogP contribution < -0.4 is 4.74 Å². The molecule has 0 aliphatic carbocycles. The summed E-state index contributed by atoms with van der Waals surface area (Å²) in [6, 6.07) is 12.8. The molecule has 0 bridgehead atoms. The van der Waals surface area contributed by atoms with Gasteiger partial charge in [0.2, 0.25) is 0 Å². The lowest BCUT2D eigenvalue weighted by molar-refractivity contribution is 0.0556. The summed E-state index contributed by atoms with van der Waals surface area (Å²) in [5, 5.41) is 0.349. The van der Waals surface area contributed by atoms with Crippen molar-refractivity contribution in [1.82, 2.24) is 0 Å². The Balaban J connectivity index is 2.02. The van der Waals surface area contributed by atoms with Gasteiger partial charge in [0.15, 0.2) is 6.61 Å². The van der Waals surface area contributed by atoms with E-state index in [1.165, 1.54) is 11.6 Å². The van der Waals surface area contributed by atoms with Crippen LogP contribution in [0.25, 0.3) is 0 Å². The second kappa shape index (κ2) is 7.53. The molecule has 4 heteroatoms. The van der Waals surface area contributed by atoms with Crippen molar-refractivity contribution in [2.75, 3.05) is 6.61 Å². The summed E-state index contributed by atoms with van der Waals surface area (Å²) in [7, 11) is 0. The highest BCUT2D eigenvalue weighted by Gasteiger charge is 2.10. The van der Waals surface area contributed by atoms with Crippen LogP contribution in [0.4, 0.5) is 0 Å². The first-order valence-electron chi connectivity index (χ1n) is 6.68. The van der Waals surface area contributed by atoms with E-state index in [-0.39, 0.29) is 6.61 Å². The SMILES string of the molecule is C#CCOC(=O)c1ccc(OCc2ccc(C)cc2)c(Cl)c1. The number of carbonyl (C=O) groups excluding carboxylic acids is 1. The number of aryl methyl sites for hydroxylation is 1. The molecule has 0 heterocycles. The lowest BCUT2D eigenvalue weighted by atomic mass is 10.2. The van der Waals surface area contributed by atoms with Crippen LogP contribution in [-0.2, 0) is 11.3 Å². The van der Waals surface area contributed by atoms with Crippen LogP contribution in [0.5, 0.6) is 5.75 Å². The van der Waals surface area contributed by atoms with E-state index < -0.39 is 5.97 Å². The summed E-state index contributed by atoms with van der Waals surface area (Å²) in [6.07, 6.45) is 5.04. The van der Waals surface area contributed by atoms with Crippen LogP contribution in [-0.4, -0.2) is 12.6 Å². The van der Waals surface area contributed by atoms with Crippen LogP contribution in [0.1, 0.15) is 21.5 Å². The molecule has 0 N–H and O–H groups in total. The number of benzene rings is 2. The fourth-order valence-electron chi connectivity index (χ4n) is 1.78. The van der Waals surface area contributed by atoms with Gasteiger partial charge in [-0.1, -0.05) is 47.4 Å². The van der Waals surface area contributed by atoms with Crippen LogP contribution >= 0.6 is 11.6 Å². The third-order valence-electron chi connectivity index (χ3n) is 2.97. The van der Waals surface area contributed by atoms with Gasteiger partial charge >= 0.3 is 5.97 Å². The standard InChI is InChI=1S/C18H15ClO3/c1-3-10-21-18(20)15-8-9-17(16(19)11-15)22-12-14-6-4-13(2)5-7-14/h1,4-9,11H,10,12H2,2H3. The maximum absolute atomic E-state index is 11.7. The molecule has 0 aliphatic heterocycles. The predicted octanol–water partition coefficient (Wildman–Crippen LogP) is 4.02. The molecule has 0 fully saturated rings. The van der Waals surface area contributed by atoms with Crippen LogP contribution in [0.15, 0.2) is 42.5 Å². The fourth-order valence-corrected chi connectivity index (χ4v) is 2.02. The summed E-state index contributed by atoms with van der Waals surface area (Å²) in [5.41, 5.74) is 2.57. The molecule has 0 saturated heterocycles. The largest absolute Gasteiger partial charge is 0.487 e. The van der Waals surface area contributed by atoms with Gasteiger partial charge in [0.05, 0.1) is 10.6 Å². The van der Waals surface area contributed by atoms with Crippen molar-refractivity contribution in [3.63, 3.8) is 0 Å². The normalized spacial score (nSPS) is 9.86. The van der Waals surface area contributed by atoms with E-state index >= 15 is 0 Å². The van der Waals surface area contributed by atoms with Gasteiger partial charge in [-0.3, -0.25) is 0 Å². The second-order valence-corrected chi connectivity index (χ2v) is 5.11. The highest BCUT2D eigenvalue weighted by molar-refractivity contribution is 6.32. The first-order chi connectivity index (χ1) is 10.6. The Hall–Kier alpha value is -2.44. The first kappa shape index (κ1) is 15.9. The number of carbonyl (C=O) groups is 1. The highest BCUT2D eigenvalue weighted by atomic mass is 35.5. The number of hydrogen-bond donors (Lipinski definition) is 0. The zero-order valence-corrected chi connectivity index (χ0v) is 12.9. The molecule has 2 aromatic rings. The van der Waals surface area contributed by atoms with Crippen molar-refractivity contribution in [2.24, 2.45) is 0 Å². The van der Waals surface area contributed by atoms with Gasteiger partial charge < -0.3 is 9.47 Å². The number of esters is 1. The van der Waals surface area contributed by atoms with E-state index in [1.807, 2.05) is 31.2 Å². The number of hydrogen-bond acceptors (Lipinski definition) is 3. The van der Waals surface area contributed by atoms with E-state index in [1.54, 1.807) is 12.1 Å². The van der Waals surface area contributed by atoms with Gasteiger partial charge in [-0.15, -0.1) is 6.42 Å². The molecule has 0 radical (unpaired) electrons. The average Bonchev–Trinajstić information content (AvgIpc) is 2.53. The smallest absolute Gasteiger partial charge is 0.339 e. The van der Waals surface area contributed by atoms with Crippen molar-refractivity contribution >= 4 is 17.6 Å². The van der Waals surface area contributed by atoms with Crippen LogP contribution in [0.3, 0.4) is 0 Å². The maximum Gasteiger partial charge on any atom is 0.339 e. The fraction of sp³-hybridized carbons (Fsp3) is 0.167. The molecular weight excluding hydrogens is 300 g/mol. The Morgan fingerprint density at radius 3 is 2.59 bits per heavy atom. The number of rotatable bonds is 5. The monoisotopic (exact) mass is 314 g/mol. The molecule has 0 aliphatic rings. The number of terminal acetylenes is 1. The molecule has 0 spiro atoms. The molecule has 2 aromatic carbocycles. The van der Waals surface area contributed by atoms with E-state index in [2.05, 4.69) is 5.92 Å². The van der Waals surface area contributed by atoms with Crippen molar-refractivity contribution in [3.05, 3.63) is 64.2 Å². The molecule has 22 heavy (non-hydrogen) atoms. The van der Waals surface area contributed by atoms with Crippen LogP contribution in [0, 0.1) is 19.3 Å². The minimum absolute atomic E-state index is 0.0673. The van der Waals surface area contributed by atoms with Gasteiger partial charge in [-0.25, -0.2) is 4.79 Å². The predicted molar refractivity (Wildman–Crippen MR) is 86.1 cm³/mol. The average molecular weight is 315 g/mol. The van der Waals surface area contributed by atoms with Gasteiger partial charge in [0.1, 0.15) is 12.4 Å². The summed E-state index contributed by atoms with van der Waals surface area (Å²) in [5.74, 6) is 2.24. The zero-order valence-electron chi connectivity index (χ0n) is 12.1. The Morgan fingerprint density at radius 2 is 1.95 bits per heavy atom. The molecule has 3 nitrogen and oxygen atoms in total. The van der Waals surface area contributed by atoms with E-state index in [4.69, 9.17) is 27.5 Å². The van der Waals surface area contributed by atoms with Gasteiger partial charge in [-0.05, 0) is 30.7 Å². The highest BCUT2D eigenvalue weighted by Crippen LogP contribution is 2.26. The Labute approximate surface area is 134 Å². The number of ether oxygens (including phenoxy) is 2. The molecule has 0 unspecified atom stereocenters. The molecule has 0 aromatic heterocycles. The Kier molecular flexibility index (Phi) is 5.46. The minimum atomic E-state index is -0.509. The van der Waals surface area contributed by atoms with Crippen molar-refractivity contribution in [3.8, 4) is 18.1 Å². The lowest BCUT2D eigenvalue weighted by Crippen LogP contribution is -2.05. The second-order valence-electron chi connectivity index (χ2n) is 4.70.